The average Bonchev–Trinajstić information content (AvgIpc) is 3.45. The third kappa shape index (κ3) is 4.07. The molecule has 2 saturated heterocycles. The summed E-state index contributed by atoms with van der Waals surface area (Å²) in [6.07, 6.45) is 2.91. The number of ether oxygens (including phenoxy) is 1. The molecule has 2 fully saturated rings. The number of rotatable bonds is 4. The van der Waals surface area contributed by atoms with Gasteiger partial charge in [0, 0.05) is 62.0 Å². The highest BCUT2D eigenvalue weighted by atomic mass is 32.1. The van der Waals surface area contributed by atoms with Crippen molar-refractivity contribution in [1.29, 1.82) is 0 Å². The van der Waals surface area contributed by atoms with Crippen molar-refractivity contribution < 1.29 is 14.3 Å². The number of amides is 3. The molecule has 0 saturated carbocycles. The summed E-state index contributed by atoms with van der Waals surface area (Å²) in [7, 11) is 0. The van der Waals surface area contributed by atoms with Crippen LogP contribution in [0.2, 0.25) is 0 Å². The summed E-state index contributed by atoms with van der Waals surface area (Å²) in [5.41, 5.74) is 1.11. The molecule has 0 radical (unpaired) electrons. The summed E-state index contributed by atoms with van der Waals surface area (Å²) in [5.74, 6) is -0.0184. The third-order valence-corrected chi connectivity index (χ3v) is 6.85. The minimum atomic E-state index is -0.372. The topological polar surface area (TPSA) is 118 Å². The summed E-state index contributed by atoms with van der Waals surface area (Å²) in [6.45, 7) is 2.85. The van der Waals surface area contributed by atoms with E-state index in [1.807, 2.05) is 10.6 Å². The van der Waals surface area contributed by atoms with Crippen LogP contribution in [-0.2, 0) is 11.3 Å². The molecular weight excluding hydrogens is 420 g/mol. The molecule has 2 aromatic heterocycles. The van der Waals surface area contributed by atoms with Gasteiger partial charge in [-0.05, 0) is 31.2 Å². The number of urea groups is 1. The fourth-order valence-electron chi connectivity index (χ4n) is 4.76. The first kappa shape index (κ1) is 20.1. The standard InChI is InChI=1S/C20H24N6O4S/c27-16-5-1-4-15-13-7-12(10-26(15)16)9-25(11-13)20(29)22-19-17(23-24-31-19)18(28)21-8-14-3-2-6-30-14/h1,4-5,12-14H,2-3,6-11H2,(H,21,28)(H,22,29)/t12-,13-,14+/m1/s1. The molecule has 11 heteroatoms. The largest absolute Gasteiger partial charge is 0.376 e. The lowest BCUT2D eigenvalue weighted by Crippen LogP contribution is -2.50. The van der Waals surface area contributed by atoms with Crippen LogP contribution >= 0.6 is 11.5 Å². The number of nitrogens with one attached hydrogen (secondary N) is 2. The lowest BCUT2D eigenvalue weighted by molar-refractivity contribution is 0.0854. The molecule has 3 atom stereocenters. The molecule has 0 aromatic carbocycles. The van der Waals surface area contributed by atoms with E-state index in [1.54, 1.807) is 17.0 Å². The molecule has 10 nitrogen and oxygen atoms in total. The van der Waals surface area contributed by atoms with Crippen LogP contribution in [0.5, 0.6) is 0 Å². The van der Waals surface area contributed by atoms with Gasteiger partial charge in [0.2, 0.25) is 0 Å². The van der Waals surface area contributed by atoms with Gasteiger partial charge in [0.15, 0.2) is 10.7 Å². The van der Waals surface area contributed by atoms with Crippen LogP contribution in [-0.4, -0.2) is 63.3 Å². The fourth-order valence-corrected chi connectivity index (χ4v) is 5.31. The van der Waals surface area contributed by atoms with Gasteiger partial charge in [0.1, 0.15) is 0 Å². The summed E-state index contributed by atoms with van der Waals surface area (Å²) in [4.78, 5) is 39.4. The number of nitrogens with zero attached hydrogens (tertiary/aromatic N) is 4. The number of anilines is 1. The smallest absolute Gasteiger partial charge is 0.322 e. The van der Waals surface area contributed by atoms with Crippen LogP contribution in [0.4, 0.5) is 9.80 Å². The summed E-state index contributed by atoms with van der Waals surface area (Å²) in [5, 5.41) is 9.86. The first-order chi connectivity index (χ1) is 15.1. The van der Waals surface area contributed by atoms with E-state index in [0.29, 0.717) is 31.2 Å². The number of likely N-dealkylation sites (tertiary alicyclic amines) is 1. The van der Waals surface area contributed by atoms with Gasteiger partial charge < -0.3 is 19.5 Å². The van der Waals surface area contributed by atoms with Gasteiger partial charge in [-0.15, -0.1) is 5.10 Å². The van der Waals surface area contributed by atoms with Crippen LogP contribution in [0.3, 0.4) is 0 Å². The molecule has 3 aliphatic rings. The van der Waals surface area contributed by atoms with Gasteiger partial charge in [-0.25, -0.2) is 4.79 Å². The van der Waals surface area contributed by atoms with Crippen LogP contribution in [0.25, 0.3) is 0 Å². The minimum Gasteiger partial charge on any atom is -0.376 e. The Labute approximate surface area is 182 Å². The van der Waals surface area contributed by atoms with Crippen molar-refractivity contribution in [2.75, 3.05) is 31.6 Å². The maximum absolute atomic E-state index is 13.0. The molecule has 2 bridgehead atoms. The lowest BCUT2D eigenvalue weighted by atomic mass is 9.83. The van der Waals surface area contributed by atoms with E-state index >= 15 is 0 Å². The molecule has 0 unspecified atom stereocenters. The number of carbonyl (C=O) groups excluding carboxylic acids is 2. The molecule has 0 spiro atoms. The Morgan fingerprint density at radius 1 is 1.26 bits per heavy atom. The second kappa shape index (κ2) is 8.39. The van der Waals surface area contributed by atoms with E-state index in [0.717, 1.165) is 43.1 Å². The predicted molar refractivity (Wildman–Crippen MR) is 113 cm³/mol. The van der Waals surface area contributed by atoms with Crippen molar-refractivity contribution in [3.8, 4) is 0 Å². The Kier molecular flexibility index (Phi) is 5.45. The van der Waals surface area contributed by atoms with Crippen molar-refractivity contribution >= 4 is 28.5 Å². The zero-order valence-corrected chi connectivity index (χ0v) is 17.8. The molecule has 2 aromatic rings. The first-order valence-electron chi connectivity index (χ1n) is 10.6. The van der Waals surface area contributed by atoms with E-state index in [4.69, 9.17) is 4.74 Å². The molecule has 3 aliphatic heterocycles. The number of carbonyl (C=O) groups is 2. The number of hydrogen-bond donors (Lipinski definition) is 2. The zero-order valence-electron chi connectivity index (χ0n) is 17.0. The van der Waals surface area contributed by atoms with Gasteiger partial charge in [-0.1, -0.05) is 10.6 Å². The van der Waals surface area contributed by atoms with Gasteiger partial charge in [0.05, 0.1) is 6.10 Å². The fraction of sp³-hybridized carbons (Fsp3) is 0.550. The molecule has 5 rings (SSSR count). The third-order valence-electron chi connectivity index (χ3n) is 6.20. The van der Waals surface area contributed by atoms with Gasteiger partial charge in [-0.2, -0.15) is 0 Å². The molecular formula is C20H24N6O4S. The van der Waals surface area contributed by atoms with E-state index in [-0.39, 0.29) is 41.1 Å². The van der Waals surface area contributed by atoms with Crippen molar-refractivity contribution in [3.63, 3.8) is 0 Å². The quantitative estimate of drug-likeness (QED) is 0.733. The molecule has 5 heterocycles. The zero-order chi connectivity index (χ0) is 21.4. The first-order valence-corrected chi connectivity index (χ1v) is 11.3. The van der Waals surface area contributed by atoms with Gasteiger partial charge in [-0.3, -0.25) is 14.9 Å². The van der Waals surface area contributed by atoms with E-state index in [2.05, 4.69) is 20.2 Å². The highest BCUT2D eigenvalue weighted by Gasteiger charge is 2.36. The number of piperidine rings is 1. The van der Waals surface area contributed by atoms with Crippen molar-refractivity contribution in [2.24, 2.45) is 5.92 Å². The van der Waals surface area contributed by atoms with Gasteiger partial charge >= 0.3 is 6.03 Å². The monoisotopic (exact) mass is 444 g/mol. The summed E-state index contributed by atoms with van der Waals surface area (Å²) in [6, 6.07) is 5.04. The SMILES string of the molecule is O=C(NC[C@@H]1CCCO1)c1nnsc1NC(=O)N1C[C@H]2C[C@H](C1)c1cccc(=O)n1C2. The number of hydrogen-bond acceptors (Lipinski definition) is 7. The molecule has 0 aliphatic carbocycles. The van der Waals surface area contributed by atoms with Gasteiger partial charge in [0.25, 0.3) is 11.5 Å². The second-order valence-electron chi connectivity index (χ2n) is 8.33. The highest BCUT2D eigenvalue weighted by Crippen LogP contribution is 2.35. The lowest BCUT2D eigenvalue weighted by Gasteiger charge is -2.42. The Hall–Kier alpha value is -2.79. The summed E-state index contributed by atoms with van der Waals surface area (Å²) < 4.78 is 11.2. The Morgan fingerprint density at radius 3 is 3.00 bits per heavy atom. The Balaban J connectivity index is 1.24. The van der Waals surface area contributed by atoms with Crippen molar-refractivity contribution in [2.45, 2.75) is 37.8 Å². The maximum atomic E-state index is 13.0. The average molecular weight is 445 g/mol. The van der Waals surface area contributed by atoms with Crippen molar-refractivity contribution in [1.82, 2.24) is 24.4 Å². The minimum absolute atomic E-state index is 0.0134. The van der Waals surface area contributed by atoms with E-state index < -0.39 is 0 Å². The van der Waals surface area contributed by atoms with Crippen molar-refractivity contribution in [3.05, 3.63) is 39.9 Å². The molecule has 3 amide bonds. The number of pyridine rings is 1. The Morgan fingerprint density at radius 2 is 2.16 bits per heavy atom. The van der Waals surface area contributed by atoms with E-state index in [1.165, 1.54) is 0 Å². The Bertz CT molecular complexity index is 1050. The number of fused-ring (bicyclic) bond motifs is 4. The molecule has 31 heavy (non-hydrogen) atoms. The van der Waals surface area contributed by atoms with E-state index in [9.17, 15) is 14.4 Å². The second-order valence-corrected chi connectivity index (χ2v) is 9.08. The van der Waals surface area contributed by atoms with Crippen LogP contribution in [0, 0.1) is 5.92 Å². The molecule has 164 valence electrons. The van der Waals surface area contributed by atoms with Crippen LogP contribution in [0.1, 0.15) is 41.4 Å². The maximum Gasteiger partial charge on any atom is 0.322 e. The highest BCUT2D eigenvalue weighted by molar-refractivity contribution is 7.10. The molecule has 2 N–H and O–H groups in total. The number of aromatic nitrogens is 3. The normalized spacial score (nSPS) is 24.5. The summed E-state index contributed by atoms with van der Waals surface area (Å²) >= 11 is 0.983. The van der Waals surface area contributed by atoms with Crippen LogP contribution < -0.4 is 16.2 Å². The predicted octanol–water partition coefficient (Wildman–Crippen LogP) is 1.26. The van der Waals surface area contributed by atoms with Crippen LogP contribution in [0.15, 0.2) is 23.0 Å².